The van der Waals surface area contributed by atoms with Crippen LogP contribution in [0.4, 0.5) is 0 Å². The minimum atomic E-state index is -1.15. The Hall–Kier alpha value is -2.60. The predicted octanol–water partition coefficient (Wildman–Crippen LogP) is 1.98. The molecule has 0 bridgehead atoms. The van der Waals surface area contributed by atoms with Gasteiger partial charge in [-0.05, 0) is 17.7 Å². The van der Waals surface area contributed by atoms with E-state index < -0.39 is 12.1 Å². The molecule has 2 rings (SSSR count). The second-order valence-electron chi connectivity index (χ2n) is 4.32. The number of amides is 1. The van der Waals surface area contributed by atoms with Crippen molar-refractivity contribution in [1.82, 2.24) is 5.32 Å². The molecule has 6 heteroatoms. The van der Waals surface area contributed by atoms with Crippen LogP contribution < -0.4 is 5.32 Å². The number of nitrogens with one attached hydrogen (secondary N) is 1. The maximum atomic E-state index is 12.1. The van der Waals surface area contributed by atoms with E-state index in [2.05, 4.69) is 5.32 Å². The molecule has 0 fully saturated rings. The summed E-state index contributed by atoms with van der Waals surface area (Å²) in [6, 6.07) is 11.9. The van der Waals surface area contributed by atoms with Crippen LogP contribution in [0.1, 0.15) is 28.0 Å². The molecule has 1 aromatic heterocycles. The minimum Gasteiger partial charge on any atom is -0.475 e. The lowest BCUT2D eigenvalue weighted by Crippen LogP contribution is -2.29. The van der Waals surface area contributed by atoms with E-state index in [1.807, 2.05) is 18.2 Å². The van der Waals surface area contributed by atoms with Gasteiger partial charge >= 0.3 is 5.97 Å². The average molecular weight is 289 g/mol. The average Bonchev–Trinajstić information content (AvgIpc) is 2.96. The molecule has 1 unspecified atom stereocenters. The van der Waals surface area contributed by atoms with Gasteiger partial charge in [0.2, 0.25) is 5.76 Å². The molecular weight excluding hydrogens is 274 g/mol. The number of rotatable bonds is 6. The highest BCUT2D eigenvalue weighted by Gasteiger charge is 2.20. The van der Waals surface area contributed by atoms with Gasteiger partial charge in [-0.15, -0.1) is 0 Å². The monoisotopic (exact) mass is 289 g/mol. The molecule has 1 atom stereocenters. The topological polar surface area (TPSA) is 88.8 Å². The van der Waals surface area contributed by atoms with Gasteiger partial charge < -0.3 is 19.6 Å². The smallest absolute Gasteiger partial charge is 0.371 e. The predicted molar refractivity (Wildman–Crippen MR) is 73.7 cm³/mol. The van der Waals surface area contributed by atoms with E-state index in [0.29, 0.717) is 5.76 Å². The van der Waals surface area contributed by atoms with Gasteiger partial charge in [0.1, 0.15) is 5.76 Å². The normalized spacial score (nSPS) is 11.9. The summed E-state index contributed by atoms with van der Waals surface area (Å²) >= 11 is 0. The molecular formula is C15H15NO5. The highest BCUT2D eigenvalue weighted by atomic mass is 16.5. The largest absolute Gasteiger partial charge is 0.475 e. The number of aromatic carboxylic acids is 1. The fourth-order valence-corrected chi connectivity index (χ4v) is 1.88. The number of hydrogen-bond donors (Lipinski definition) is 2. The Bertz CT molecular complexity index is 620. The van der Waals surface area contributed by atoms with Crippen LogP contribution in [0.5, 0.6) is 0 Å². The quantitative estimate of drug-likeness (QED) is 0.848. The van der Waals surface area contributed by atoms with Crippen LogP contribution in [-0.2, 0) is 16.1 Å². The van der Waals surface area contributed by atoms with Crippen LogP contribution in [0, 0.1) is 0 Å². The Kier molecular flexibility index (Phi) is 4.73. The molecule has 1 heterocycles. The Morgan fingerprint density at radius 1 is 1.24 bits per heavy atom. The molecule has 6 nitrogen and oxygen atoms in total. The third kappa shape index (κ3) is 3.70. The van der Waals surface area contributed by atoms with Crippen molar-refractivity contribution < 1.29 is 23.8 Å². The standard InChI is InChI=1S/C15H15NO5/c1-20-13(10-5-3-2-4-6-10)14(17)16-9-11-7-8-12(21-11)15(18)19/h2-8,13H,9H2,1H3,(H,16,17)(H,18,19). The van der Waals surface area contributed by atoms with Crippen molar-refractivity contribution in [2.45, 2.75) is 12.6 Å². The molecule has 0 aliphatic carbocycles. The molecule has 2 N–H and O–H groups in total. The van der Waals surface area contributed by atoms with Gasteiger partial charge in [0.05, 0.1) is 6.54 Å². The number of furan rings is 1. The van der Waals surface area contributed by atoms with E-state index in [-0.39, 0.29) is 18.2 Å². The fourth-order valence-electron chi connectivity index (χ4n) is 1.88. The van der Waals surface area contributed by atoms with E-state index in [0.717, 1.165) is 5.56 Å². The molecule has 0 aliphatic heterocycles. The number of carbonyl (C=O) groups is 2. The molecule has 0 saturated heterocycles. The third-order valence-electron chi connectivity index (χ3n) is 2.89. The molecule has 1 aromatic carbocycles. The van der Waals surface area contributed by atoms with Crippen molar-refractivity contribution in [3.8, 4) is 0 Å². The van der Waals surface area contributed by atoms with Crippen molar-refractivity contribution >= 4 is 11.9 Å². The zero-order valence-corrected chi connectivity index (χ0v) is 11.4. The van der Waals surface area contributed by atoms with Crippen molar-refractivity contribution in [3.63, 3.8) is 0 Å². The molecule has 1 amide bonds. The number of carbonyl (C=O) groups excluding carboxylic acids is 1. The molecule has 0 radical (unpaired) electrons. The zero-order chi connectivity index (χ0) is 15.2. The second-order valence-corrected chi connectivity index (χ2v) is 4.32. The van der Waals surface area contributed by atoms with Gasteiger partial charge in [-0.3, -0.25) is 4.79 Å². The maximum Gasteiger partial charge on any atom is 0.371 e. The summed E-state index contributed by atoms with van der Waals surface area (Å²) < 4.78 is 10.3. The lowest BCUT2D eigenvalue weighted by molar-refractivity contribution is -0.131. The van der Waals surface area contributed by atoms with Crippen LogP contribution >= 0.6 is 0 Å². The first-order chi connectivity index (χ1) is 10.1. The first kappa shape index (κ1) is 14.8. The summed E-state index contributed by atoms with van der Waals surface area (Å²) in [5, 5.41) is 11.4. The van der Waals surface area contributed by atoms with Gasteiger partial charge in [-0.25, -0.2) is 4.79 Å². The summed E-state index contributed by atoms with van der Waals surface area (Å²) in [5.41, 5.74) is 0.739. The first-order valence-corrected chi connectivity index (χ1v) is 6.29. The Labute approximate surface area is 121 Å². The van der Waals surface area contributed by atoms with Gasteiger partial charge in [-0.1, -0.05) is 30.3 Å². The summed E-state index contributed by atoms with van der Waals surface area (Å²) in [6.45, 7) is 0.0960. The number of ether oxygens (including phenoxy) is 1. The summed E-state index contributed by atoms with van der Waals surface area (Å²) in [6.07, 6.45) is -0.722. The first-order valence-electron chi connectivity index (χ1n) is 6.29. The van der Waals surface area contributed by atoms with Crippen LogP contribution in [0.3, 0.4) is 0 Å². The molecule has 0 aliphatic rings. The molecule has 0 saturated carbocycles. The van der Waals surface area contributed by atoms with E-state index in [4.69, 9.17) is 14.3 Å². The lowest BCUT2D eigenvalue weighted by atomic mass is 10.1. The number of benzene rings is 1. The second kappa shape index (κ2) is 6.71. The van der Waals surface area contributed by atoms with Crippen LogP contribution in [0.25, 0.3) is 0 Å². The highest BCUT2D eigenvalue weighted by molar-refractivity contribution is 5.84. The number of carboxylic acids is 1. The van der Waals surface area contributed by atoms with Crippen molar-refractivity contribution in [1.29, 1.82) is 0 Å². The Balaban J connectivity index is 1.98. The van der Waals surface area contributed by atoms with Gasteiger partial charge in [0, 0.05) is 7.11 Å². The van der Waals surface area contributed by atoms with E-state index >= 15 is 0 Å². The van der Waals surface area contributed by atoms with E-state index in [9.17, 15) is 9.59 Å². The van der Waals surface area contributed by atoms with Gasteiger partial charge in [0.25, 0.3) is 5.91 Å². The molecule has 110 valence electrons. The number of hydrogen-bond acceptors (Lipinski definition) is 4. The van der Waals surface area contributed by atoms with Gasteiger partial charge in [0.15, 0.2) is 6.10 Å². The SMILES string of the molecule is COC(C(=O)NCc1ccc(C(=O)O)o1)c1ccccc1. The summed E-state index contributed by atoms with van der Waals surface area (Å²) in [4.78, 5) is 22.8. The molecule has 0 spiro atoms. The fraction of sp³-hybridized carbons (Fsp3) is 0.200. The summed E-state index contributed by atoms with van der Waals surface area (Å²) in [7, 11) is 1.45. The van der Waals surface area contributed by atoms with E-state index in [1.165, 1.54) is 19.2 Å². The lowest BCUT2D eigenvalue weighted by Gasteiger charge is -2.15. The number of methoxy groups -OCH3 is 1. The Morgan fingerprint density at radius 2 is 1.95 bits per heavy atom. The van der Waals surface area contributed by atoms with E-state index in [1.54, 1.807) is 12.1 Å². The van der Waals surface area contributed by atoms with Crippen LogP contribution in [-0.4, -0.2) is 24.1 Å². The third-order valence-corrected chi connectivity index (χ3v) is 2.89. The number of carboxylic acid groups (broad SMARTS) is 1. The minimum absolute atomic E-state index is 0.0960. The van der Waals surface area contributed by atoms with Crippen LogP contribution in [0.2, 0.25) is 0 Å². The van der Waals surface area contributed by atoms with Crippen molar-refractivity contribution in [3.05, 3.63) is 59.5 Å². The zero-order valence-electron chi connectivity index (χ0n) is 11.4. The summed E-state index contributed by atoms with van der Waals surface area (Å²) in [5.74, 6) is -1.27. The van der Waals surface area contributed by atoms with Gasteiger partial charge in [-0.2, -0.15) is 0 Å². The van der Waals surface area contributed by atoms with Crippen LogP contribution in [0.15, 0.2) is 46.9 Å². The Morgan fingerprint density at radius 3 is 2.52 bits per heavy atom. The van der Waals surface area contributed by atoms with Crippen molar-refractivity contribution in [2.75, 3.05) is 7.11 Å². The van der Waals surface area contributed by atoms with Crippen molar-refractivity contribution in [2.24, 2.45) is 0 Å². The molecule has 2 aromatic rings. The maximum absolute atomic E-state index is 12.1. The molecule has 21 heavy (non-hydrogen) atoms. The highest BCUT2D eigenvalue weighted by Crippen LogP contribution is 2.16.